The van der Waals surface area contributed by atoms with Gasteiger partial charge in [0.2, 0.25) is 0 Å². The smallest absolute Gasteiger partial charge is 0.262 e. The van der Waals surface area contributed by atoms with E-state index in [1.54, 1.807) is 49.7 Å². The molecule has 0 saturated heterocycles. The quantitative estimate of drug-likeness (QED) is 0.492. The molecule has 0 aliphatic carbocycles. The number of aryl methyl sites for hydroxylation is 2. The Bertz CT molecular complexity index is 1390. The van der Waals surface area contributed by atoms with Gasteiger partial charge in [-0.05, 0) is 55.3 Å². The van der Waals surface area contributed by atoms with Crippen molar-refractivity contribution in [2.24, 2.45) is 0 Å². The van der Waals surface area contributed by atoms with Crippen LogP contribution in [0, 0.1) is 13.8 Å². The molecule has 1 amide bonds. The highest BCUT2D eigenvalue weighted by molar-refractivity contribution is 6.12. The van der Waals surface area contributed by atoms with Crippen molar-refractivity contribution in [1.82, 2.24) is 4.57 Å². The maximum absolute atomic E-state index is 13.3. The van der Waals surface area contributed by atoms with Crippen LogP contribution in [0.15, 0.2) is 71.7 Å². The summed E-state index contributed by atoms with van der Waals surface area (Å²) >= 11 is 0. The first-order valence-corrected chi connectivity index (χ1v) is 10.2. The van der Waals surface area contributed by atoms with Gasteiger partial charge in [0.1, 0.15) is 0 Å². The summed E-state index contributed by atoms with van der Waals surface area (Å²) in [4.78, 5) is 26.5. The number of hydrogen-bond donors (Lipinski definition) is 1. The molecule has 6 heteroatoms. The van der Waals surface area contributed by atoms with Crippen LogP contribution in [-0.4, -0.2) is 24.7 Å². The molecule has 0 atom stereocenters. The van der Waals surface area contributed by atoms with Crippen molar-refractivity contribution in [2.75, 3.05) is 19.5 Å². The molecule has 0 unspecified atom stereocenters. The minimum absolute atomic E-state index is 0.175. The Labute approximate surface area is 186 Å². The maximum Gasteiger partial charge on any atom is 0.262 e. The number of carbonyl (C=O) groups is 1. The van der Waals surface area contributed by atoms with Gasteiger partial charge in [-0.3, -0.25) is 14.2 Å². The lowest BCUT2D eigenvalue weighted by Crippen LogP contribution is -2.22. The normalized spacial score (nSPS) is 10.8. The van der Waals surface area contributed by atoms with E-state index in [1.165, 1.54) is 11.7 Å². The predicted molar refractivity (Wildman–Crippen MR) is 127 cm³/mol. The van der Waals surface area contributed by atoms with E-state index < -0.39 is 0 Å². The molecule has 0 spiro atoms. The molecular weight excluding hydrogens is 404 g/mol. The third-order valence-electron chi connectivity index (χ3n) is 5.58. The number of hydrogen-bond acceptors (Lipinski definition) is 4. The number of pyridine rings is 1. The SMILES string of the molecule is COc1ccc(NC(=O)c2cn(-c3ccc(C)c(C)c3)c(=O)c3ccccc23)cc1OC. The minimum atomic E-state index is -0.328. The molecule has 0 radical (unpaired) electrons. The highest BCUT2D eigenvalue weighted by atomic mass is 16.5. The van der Waals surface area contributed by atoms with Crippen LogP contribution in [0.1, 0.15) is 21.5 Å². The Balaban J connectivity index is 1.83. The van der Waals surface area contributed by atoms with Gasteiger partial charge in [-0.1, -0.05) is 24.3 Å². The van der Waals surface area contributed by atoms with Crippen molar-refractivity contribution in [3.63, 3.8) is 0 Å². The Morgan fingerprint density at radius 1 is 0.844 bits per heavy atom. The average molecular weight is 428 g/mol. The summed E-state index contributed by atoms with van der Waals surface area (Å²) in [6, 6.07) is 18.1. The van der Waals surface area contributed by atoms with Gasteiger partial charge >= 0.3 is 0 Å². The highest BCUT2D eigenvalue weighted by Gasteiger charge is 2.17. The van der Waals surface area contributed by atoms with Crippen LogP contribution in [0.3, 0.4) is 0 Å². The van der Waals surface area contributed by atoms with Gasteiger partial charge < -0.3 is 14.8 Å². The molecule has 1 aromatic heterocycles. The van der Waals surface area contributed by atoms with Crippen LogP contribution in [0.5, 0.6) is 11.5 Å². The standard InChI is InChI=1S/C26H24N2O4/c1-16-9-11-19(13-17(16)2)28-15-22(20-7-5-6-8-21(20)26(28)30)25(29)27-18-10-12-23(31-3)24(14-18)32-4/h5-15H,1-4H3,(H,27,29). The monoisotopic (exact) mass is 428 g/mol. The summed E-state index contributed by atoms with van der Waals surface area (Å²) < 4.78 is 12.1. The van der Waals surface area contributed by atoms with E-state index in [4.69, 9.17) is 9.47 Å². The molecule has 0 fully saturated rings. The van der Waals surface area contributed by atoms with Gasteiger partial charge in [0.05, 0.1) is 19.8 Å². The fourth-order valence-electron chi connectivity index (χ4n) is 3.65. The molecule has 3 aromatic carbocycles. The van der Waals surface area contributed by atoms with E-state index in [1.807, 2.05) is 38.1 Å². The Morgan fingerprint density at radius 2 is 1.56 bits per heavy atom. The summed E-state index contributed by atoms with van der Waals surface area (Å²) in [6.07, 6.45) is 1.60. The zero-order chi connectivity index (χ0) is 22.8. The fraction of sp³-hybridized carbons (Fsp3) is 0.154. The van der Waals surface area contributed by atoms with Crippen molar-refractivity contribution in [2.45, 2.75) is 13.8 Å². The number of rotatable bonds is 5. The number of nitrogens with one attached hydrogen (secondary N) is 1. The van der Waals surface area contributed by atoms with E-state index >= 15 is 0 Å². The molecule has 0 aliphatic heterocycles. The molecule has 32 heavy (non-hydrogen) atoms. The van der Waals surface area contributed by atoms with Gasteiger partial charge in [0.25, 0.3) is 11.5 Å². The van der Waals surface area contributed by atoms with Crippen molar-refractivity contribution in [1.29, 1.82) is 0 Å². The summed E-state index contributed by atoms with van der Waals surface area (Å²) in [5.74, 6) is 0.750. The first-order valence-electron chi connectivity index (χ1n) is 10.2. The van der Waals surface area contributed by atoms with Crippen LogP contribution in [0.2, 0.25) is 0 Å². The molecule has 162 valence electrons. The number of benzene rings is 3. The molecule has 1 N–H and O–H groups in total. The van der Waals surface area contributed by atoms with Crippen molar-refractivity contribution >= 4 is 22.4 Å². The minimum Gasteiger partial charge on any atom is -0.493 e. The second-order valence-electron chi connectivity index (χ2n) is 7.56. The summed E-state index contributed by atoms with van der Waals surface area (Å²) in [5.41, 5.74) is 3.69. The summed E-state index contributed by atoms with van der Waals surface area (Å²) in [6.45, 7) is 4.01. The van der Waals surface area contributed by atoms with E-state index in [0.717, 1.165) is 11.1 Å². The molecule has 6 nitrogen and oxygen atoms in total. The van der Waals surface area contributed by atoms with Crippen LogP contribution in [0.25, 0.3) is 16.5 Å². The van der Waals surface area contributed by atoms with E-state index in [-0.39, 0.29) is 11.5 Å². The number of anilines is 1. The predicted octanol–water partition coefficient (Wildman–Crippen LogP) is 4.88. The molecule has 4 aromatic rings. The fourth-order valence-corrected chi connectivity index (χ4v) is 3.65. The van der Waals surface area contributed by atoms with Crippen molar-refractivity contribution < 1.29 is 14.3 Å². The van der Waals surface area contributed by atoms with E-state index in [0.29, 0.717) is 39.2 Å². The maximum atomic E-state index is 13.3. The number of methoxy groups -OCH3 is 2. The lowest BCUT2D eigenvalue weighted by molar-refractivity contribution is 0.102. The van der Waals surface area contributed by atoms with E-state index in [9.17, 15) is 9.59 Å². The molecule has 1 heterocycles. The number of nitrogens with zero attached hydrogens (tertiary/aromatic N) is 1. The Morgan fingerprint density at radius 3 is 2.25 bits per heavy atom. The summed E-state index contributed by atoms with van der Waals surface area (Å²) in [7, 11) is 3.09. The Hall–Kier alpha value is -4.06. The van der Waals surface area contributed by atoms with Crippen LogP contribution in [0.4, 0.5) is 5.69 Å². The molecule has 0 saturated carbocycles. The molecule has 4 rings (SSSR count). The first kappa shape index (κ1) is 21.2. The number of amides is 1. The largest absolute Gasteiger partial charge is 0.493 e. The van der Waals surface area contributed by atoms with Gasteiger partial charge in [0.15, 0.2) is 11.5 Å². The van der Waals surface area contributed by atoms with Crippen molar-refractivity contribution in [3.8, 4) is 17.2 Å². The molecule has 0 aliphatic rings. The van der Waals surface area contributed by atoms with Crippen LogP contribution >= 0.6 is 0 Å². The summed E-state index contributed by atoms with van der Waals surface area (Å²) in [5, 5.41) is 3.98. The third-order valence-corrected chi connectivity index (χ3v) is 5.58. The lowest BCUT2D eigenvalue weighted by atomic mass is 10.1. The number of aromatic nitrogens is 1. The highest BCUT2D eigenvalue weighted by Crippen LogP contribution is 2.30. The van der Waals surface area contributed by atoms with Gasteiger partial charge in [0, 0.05) is 34.4 Å². The molecular formula is C26H24N2O4. The van der Waals surface area contributed by atoms with Gasteiger partial charge in [-0.15, -0.1) is 0 Å². The third kappa shape index (κ3) is 3.83. The second kappa shape index (κ2) is 8.59. The topological polar surface area (TPSA) is 69.6 Å². The zero-order valence-corrected chi connectivity index (χ0v) is 18.4. The number of fused-ring (bicyclic) bond motifs is 1. The first-order chi connectivity index (χ1) is 15.4. The Kier molecular flexibility index (Phi) is 5.69. The number of ether oxygens (including phenoxy) is 2. The van der Waals surface area contributed by atoms with Crippen LogP contribution in [-0.2, 0) is 0 Å². The van der Waals surface area contributed by atoms with Crippen molar-refractivity contribution in [3.05, 3.63) is 93.9 Å². The number of carbonyl (C=O) groups excluding carboxylic acids is 1. The van der Waals surface area contributed by atoms with E-state index in [2.05, 4.69) is 5.32 Å². The lowest BCUT2D eigenvalue weighted by Gasteiger charge is -2.14. The zero-order valence-electron chi connectivity index (χ0n) is 18.4. The second-order valence-corrected chi connectivity index (χ2v) is 7.56. The van der Waals surface area contributed by atoms with Crippen LogP contribution < -0.4 is 20.3 Å². The van der Waals surface area contributed by atoms with Gasteiger partial charge in [-0.25, -0.2) is 0 Å². The molecule has 0 bridgehead atoms. The average Bonchev–Trinajstić information content (AvgIpc) is 2.81. The van der Waals surface area contributed by atoms with Gasteiger partial charge in [-0.2, -0.15) is 0 Å².